The normalized spacial score (nSPS) is 12.3. The van der Waals surface area contributed by atoms with Gasteiger partial charge in [-0.2, -0.15) is 13.2 Å². The van der Waals surface area contributed by atoms with Gasteiger partial charge in [0.25, 0.3) is 0 Å². The van der Waals surface area contributed by atoms with Crippen molar-refractivity contribution in [1.29, 1.82) is 0 Å². The molecule has 138 valence electrons. The van der Waals surface area contributed by atoms with Crippen molar-refractivity contribution in [2.75, 3.05) is 0 Å². The number of carboxylic acids is 1. The van der Waals surface area contributed by atoms with Gasteiger partial charge < -0.3 is 15.6 Å². The van der Waals surface area contributed by atoms with Crippen molar-refractivity contribution in [2.24, 2.45) is 11.6 Å². The smallest absolute Gasteiger partial charge is 0.446 e. The number of carbonyl (C=O) groups is 1. The van der Waals surface area contributed by atoms with E-state index in [0.29, 0.717) is 5.56 Å². The third-order valence-corrected chi connectivity index (χ3v) is 3.84. The second kappa shape index (κ2) is 8.02. The Bertz CT molecular complexity index is 806. The van der Waals surface area contributed by atoms with Crippen LogP contribution in [-0.2, 0) is 4.79 Å². The first-order valence-corrected chi connectivity index (χ1v) is 7.85. The van der Waals surface area contributed by atoms with E-state index in [4.69, 9.17) is 21.4 Å². The van der Waals surface area contributed by atoms with E-state index in [0.717, 1.165) is 5.56 Å². The maximum Gasteiger partial charge on any atom is 0.446 e. The van der Waals surface area contributed by atoms with Crippen LogP contribution in [0.3, 0.4) is 0 Å². The van der Waals surface area contributed by atoms with Gasteiger partial charge in [-0.15, -0.1) is 0 Å². The minimum absolute atomic E-state index is 0.0918. The van der Waals surface area contributed by atoms with Gasteiger partial charge in [0.2, 0.25) is 5.88 Å². The van der Waals surface area contributed by atoms with Gasteiger partial charge in [-0.3, -0.25) is 5.43 Å². The van der Waals surface area contributed by atoms with E-state index in [1.165, 1.54) is 12.1 Å². The molecule has 0 saturated heterocycles. The molecule has 26 heavy (non-hydrogen) atoms. The summed E-state index contributed by atoms with van der Waals surface area (Å²) in [5.41, 5.74) is 3.91. The fourth-order valence-electron chi connectivity index (χ4n) is 1.94. The monoisotopic (exact) mass is 385 g/mol. The summed E-state index contributed by atoms with van der Waals surface area (Å²) in [4.78, 5) is 10.9. The van der Waals surface area contributed by atoms with Gasteiger partial charge in [-0.1, -0.05) is 24.3 Å². The Kier molecular flexibility index (Phi) is 6.01. The van der Waals surface area contributed by atoms with Gasteiger partial charge >= 0.3 is 11.5 Å². The molecule has 0 saturated carbocycles. The van der Waals surface area contributed by atoms with E-state index in [9.17, 15) is 18.0 Å². The molecule has 0 aliphatic carbocycles. The second-order valence-electron chi connectivity index (χ2n) is 4.89. The number of carboxylic acid groups (broad SMARTS) is 1. The first-order valence-electron chi connectivity index (χ1n) is 7.03. The summed E-state index contributed by atoms with van der Waals surface area (Å²) in [6.07, 6.45) is 0. The van der Waals surface area contributed by atoms with Crippen molar-refractivity contribution < 1.29 is 27.8 Å². The lowest BCUT2D eigenvalue weighted by Crippen LogP contribution is -2.31. The molecule has 6 N–H and O–H groups in total. The molecule has 2 rings (SSSR count). The van der Waals surface area contributed by atoms with Crippen molar-refractivity contribution in [2.45, 2.75) is 10.4 Å². The van der Waals surface area contributed by atoms with Crippen molar-refractivity contribution in [3.8, 4) is 16.9 Å². The predicted molar refractivity (Wildman–Crippen MR) is 90.6 cm³/mol. The van der Waals surface area contributed by atoms with Crippen molar-refractivity contribution in [3.63, 3.8) is 0 Å². The van der Waals surface area contributed by atoms with E-state index in [2.05, 4.69) is 5.43 Å². The molecule has 0 amide bonds. The minimum atomic E-state index is -4.33. The zero-order valence-corrected chi connectivity index (χ0v) is 13.9. The second-order valence-corrected chi connectivity index (χ2v) is 6.03. The molecule has 0 fully saturated rings. The summed E-state index contributed by atoms with van der Waals surface area (Å²) in [5.74, 6) is 3.74. The van der Waals surface area contributed by atoms with Crippen LogP contribution in [0.5, 0.6) is 5.75 Å². The molecular weight excluding hydrogens is 371 g/mol. The molecule has 6 nitrogen and oxygen atoms in total. The highest BCUT2D eigenvalue weighted by molar-refractivity contribution is 8.00. The van der Waals surface area contributed by atoms with Gasteiger partial charge in [0.15, 0.2) is 5.70 Å². The molecule has 0 radical (unpaired) electrons. The first-order chi connectivity index (χ1) is 12.2. The highest BCUT2D eigenvalue weighted by Gasteiger charge is 2.29. The van der Waals surface area contributed by atoms with Gasteiger partial charge in [-0.25, -0.2) is 10.6 Å². The average Bonchev–Trinajstić information content (AvgIpc) is 2.59. The van der Waals surface area contributed by atoms with E-state index in [-0.39, 0.29) is 28.3 Å². The van der Waals surface area contributed by atoms with E-state index in [1.54, 1.807) is 36.4 Å². The van der Waals surface area contributed by atoms with Gasteiger partial charge in [0.05, 0.1) is 0 Å². The minimum Gasteiger partial charge on any atom is -0.476 e. The first kappa shape index (κ1) is 19.5. The number of hydrazine groups is 1. The number of nitrogens with two attached hydrogens (primary N) is 2. The largest absolute Gasteiger partial charge is 0.476 e. The Labute approximate surface area is 150 Å². The van der Waals surface area contributed by atoms with Gasteiger partial charge in [0.1, 0.15) is 5.75 Å². The highest BCUT2D eigenvalue weighted by atomic mass is 32.2. The number of alkyl halides is 3. The highest BCUT2D eigenvalue weighted by Crippen LogP contribution is 2.37. The molecular formula is C16H14F3N3O3S. The number of nitrogens with one attached hydrogen (secondary N) is 1. The lowest BCUT2D eigenvalue weighted by atomic mass is 10.1. The Morgan fingerprint density at radius 1 is 1.04 bits per heavy atom. The zero-order valence-electron chi connectivity index (χ0n) is 13.1. The Morgan fingerprint density at radius 2 is 1.54 bits per heavy atom. The molecule has 0 aliphatic heterocycles. The fourth-order valence-corrected chi connectivity index (χ4v) is 2.48. The van der Waals surface area contributed by atoms with Crippen LogP contribution in [0.4, 0.5) is 13.2 Å². The molecule has 0 atom stereocenters. The van der Waals surface area contributed by atoms with Crippen molar-refractivity contribution >= 4 is 17.7 Å². The van der Waals surface area contributed by atoms with Crippen LogP contribution in [0.1, 0.15) is 0 Å². The number of hydrogen-bond donors (Lipinski definition) is 4. The van der Waals surface area contributed by atoms with Crippen LogP contribution < -0.4 is 21.7 Å². The van der Waals surface area contributed by atoms with E-state index in [1.807, 2.05) is 0 Å². The Balaban J connectivity index is 2.14. The Morgan fingerprint density at radius 3 is 1.96 bits per heavy atom. The van der Waals surface area contributed by atoms with Gasteiger partial charge in [-0.05, 0) is 47.2 Å². The summed E-state index contributed by atoms with van der Waals surface area (Å²) in [6.45, 7) is 0. The van der Waals surface area contributed by atoms with Crippen molar-refractivity contribution in [1.82, 2.24) is 5.43 Å². The van der Waals surface area contributed by atoms with Crippen molar-refractivity contribution in [3.05, 3.63) is 60.1 Å². The van der Waals surface area contributed by atoms with E-state index < -0.39 is 17.2 Å². The number of aliphatic carboxylic acids is 1. The lowest BCUT2D eigenvalue weighted by Gasteiger charge is -2.11. The summed E-state index contributed by atoms with van der Waals surface area (Å²) < 4.78 is 42.3. The molecule has 0 heterocycles. The average molecular weight is 385 g/mol. The molecule has 0 aliphatic rings. The topological polar surface area (TPSA) is 111 Å². The third kappa shape index (κ3) is 5.33. The van der Waals surface area contributed by atoms with Crippen LogP contribution in [0, 0.1) is 0 Å². The predicted octanol–water partition coefficient (Wildman–Crippen LogP) is 3.02. The molecule has 0 aromatic heterocycles. The fraction of sp³-hybridized carbons (Fsp3) is 0.0625. The maximum absolute atomic E-state index is 12.3. The lowest BCUT2D eigenvalue weighted by molar-refractivity contribution is -0.132. The number of thioether (sulfide) groups is 1. The number of hydrogen-bond acceptors (Lipinski definition) is 6. The van der Waals surface area contributed by atoms with Crippen LogP contribution >= 0.6 is 11.8 Å². The summed E-state index contributed by atoms with van der Waals surface area (Å²) in [5, 5.41) is 8.82. The van der Waals surface area contributed by atoms with Crippen LogP contribution in [0.25, 0.3) is 11.1 Å². The van der Waals surface area contributed by atoms with Crippen LogP contribution in [-0.4, -0.2) is 16.6 Å². The molecule has 10 heteroatoms. The summed E-state index contributed by atoms with van der Waals surface area (Å²) >= 11 is -0.182. The molecule has 0 bridgehead atoms. The third-order valence-electron chi connectivity index (χ3n) is 3.10. The molecule has 0 unspecified atom stereocenters. The maximum atomic E-state index is 12.3. The standard InChI is InChI=1S/C16H14F3N3O3S/c17-16(18,19)26-12-7-3-10(4-8-12)9-1-5-11(6-2-9)25-14(22-21)13(20)15(23)24/h1-8,22H,20-21H2,(H,23,24)/b14-13+. The molecule has 2 aromatic rings. The quantitative estimate of drug-likeness (QED) is 0.199. The number of ether oxygens (including phenoxy) is 1. The SMILES string of the molecule is NN/C(Oc1ccc(-c2ccc(SC(F)(F)F)cc2)cc1)=C(\N)C(=O)O. The van der Waals surface area contributed by atoms with Crippen LogP contribution in [0.2, 0.25) is 0 Å². The Hall–Kier alpha value is -2.85. The number of halogens is 3. The summed E-state index contributed by atoms with van der Waals surface area (Å²) in [7, 11) is 0. The molecule has 2 aromatic carbocycles. The summed E-state index contributed by atoms with van der Waals surface area (Å²) in [6, 6.07) is 12.3. The number of benzene rings is 2. The molecule has 0 spiro atoms. The van der Waals surface area contributed by atoms with E-state index >= 15 is 0 Å². The number of rotatable bonds is 6. The van der Waals surface area contributed by atoms with Crippen LogP contribution in [0.15, 0.2) is 65.0 Å². The zero-order chi connectivity index (χ0) is 19.3. The van der Waals surface area contributed by atoms with Gasteiger partial charge in [0, 0.05) is 4.90 Å².